The molecule has 1 heterocycles. The summed E-state index contributed by atoms with van der Waals surface area (Å²) < 4.78 is 0. The number of rotatable bonds is 8. The Bertz CT molecular complexity index is 404. The van der Waals surface area contributed by atoms with Gasteiger partial charge in [-0.05, 0) is 13.3 Å². The monoisotopic (exact) mass is 424 g/mol. The van der Waals surface area contributed by atoms with Crippen molar-refractivity contribution >= 4 is 41.3 Å². The fourth-order valence-corrected chi connectivity index (χ4v) is 2.57. The Labute approximate surface area is 150 Å². The molecule has 4 nitrogen and oxygen atoms in total. The van der Waals surface area contributed by atoms with Crippen molar-refractivity contribution in [2.24, 2.45) is 4.99 Å². The van der Waals surface area contributed by atoms with E-state index in [2.05, 4.69) is 53.7 Å². The first-order chi connectivity index (χ1) is 9.67. The number of hydrogen-bond donors (Lipinski definition) is 2. The van der Waals surface area contributed by atoms with Gasteiger partial charge in [-0.1, -0.05) is 33.6 Å². The quantitative estimate of drug-likeness (QED) is 0.286. The van der Waals surface area contributed by atoms with Gasteiger partial charge in [-0.3, -0.25) is 0 Å². The van der Waals surface area contributed by atoms with Gasteiger partial charge >= 0.3 is 0 Å². The number of aliphatic imine (C=N–C) groups is 1. The Morgan fingerprint density at radius 1 is 1.29 bits per heavy atom. The van der Waals surface area contributed by atoms with Crippen LogP contribution < -0.4 is 10.6 Å². The van der Waals surface area contributed by atoms with E-state index >= 15 is 0 Å². The topological polar surface area (TPSA) is 49.3 Å². The van der Waals surface area contributed by atoms with Crippen LogP contribution in [0.1, 0.15) is 63.6 Å². The minimum absolute atomic E-state index is 0. The molecule has 0 atom stereocenters. The molecule has 2 N–H and O–H groups in total. The average molecular weight is 424 g/mol. The van der Waals surface area contributed by atoms with E-state index < -0.39 is 0 Å². The molecule has 0 bridgehead atoms. The molecule has 0 aromatic carbocycles. The molecule has 6 heteroatoms. The number of nitrogens with one attached hydrogen (secondary N) is 2. The predicted octanol–water partition coefficient (Wildman–Crippen LogP) is 4.13. The van der Waals surface area contributed by atoms with E-state index in [1.807, 2.05) is 0 Å². The van der Waals surface area contributed by atoms with E-state index in [9.17, 15) is 0 Å². The van der Waals surface area contributed by atoms with Crippen LogP contribution in [-0.2, 0) is 6.54 Å². The highest BCUT2D eigenvalue weighted by molar-refractivity contribution is 14.0. The third kappa shape index (κ3) is 8.60. The second-order valence-corrected chi connectivity index (χ2v) is 6.05. The Kier molecular flexibility index (Phi) is 12.0. The van der Waals surface area contributed by atoms with Gasteiger partial charge in [0.15, 0.2) is 5.96 Å². The van der Waals surface area contributed by atoms with Gasteiger partial charge in [0.05, 0.1) is 17.2 Å². The third-order valence-electron chi connectivity index (χ3n) is 2.88. The van der Waals surface area contributed by atoms with Crippen LogP contribution in [0.4, 0.5) is 0 Å². The molecule has 21 heavy (non-hydrogen) atoms. The first-order valence-corrected chi connectivity index (χ1v) is 8.51. The summed E-state index contributed by atoms with van der Waals surface area (Å²) in [6.07, 6.45) is 3.69. The van der Waals surface area contributed by atoms with Gasteiger partial charge in [0.25, 0.3) is 0 Å². The van der Waals surface area contributed by atoms with Crippen LogP contribution in [0.3, 0.4) is 0 Å². The Hall–Kier alpha value is -0.370. The maximum atomic E-state index is 4.61. The molecule has 0 saturated heterocycles. The maximum Gasteiger partial charge on any atom is 0.191 e. The molecule has 1 rings (SSSR count). The molecule has 1 aromatic heterocycles. The van der Waals surface area contributed by atoms with Gasteiger partial charge in [0, 0.05) is 24.4 Å². The molecular formula is C15H29IN4S. The van der Waals surface area contributed by atoms with Crippen molar-refractivity contribution in [2.75, 3.05) is 13.1 Å². The van der Waals surface area contributed by atoms with Crippen molar-refractivity contribution in [3.63, 3.8) is 0 Å². The van der Waals surface area contributed by atoms with E-state index in [1.54, 1.807) is 11.3 Å². The van der Waals surface area contributed by atoms with Crippen molar-refractivity contribution in [2.45, 2.75) is 59.4 Å². The third-order valence-corrected chi connectivity index (χ3v) is 4.07. The largest absolute Gasteiger partial charge is 0.357 e. The maximum absolute atomic E-state index is 4.61. The Balaban J connectivity index is 0.00000400. The lowest BCUT2D eigenvalue weighted by Gasteiger charge is -2.10. The van der Waals surface area contributed by atoms with Gasteiger partial charge in [0.2, 0.25) is 0 Å². The zero-order chi connectivity index (χ0) is 14.8. The van der Waals surface area contributed by atoms with Crippen LogP contribution in [0, 0.1) is 0 Å². The number of hydrogen-bond acceptors (Lipinski definition) is 3. The molecule has 0 aliphatic carbocycles. The number of guanidine groups is 1. The number of nitrogens with zero attached hydrogens (tertiary/aromatic N) is 2. The SMILES string of the molecule is CCCCCNC(=NCc1csc(C(C)C)n1)NCC.I. The summed E-state index contributed by atoms with van der Waals surface area (Å²) in [5, 5.41) is 9.95. The summed E-state index contributed by atoms with van der Waals surface area (Å²) in [5.74, 6) is 1.39. The summed E-state index contributed by atoms with van der Waals surface area (Å²) >= 11 is 1.73. The van der Waals surface area contributed by atoms with Crippen LogP contribution >= 0.6 is 35.3 Å². The molecule has 0 fully saturated rings. The fourth-order valence-electron chi connectivity index (χ4n) is 1.74. The van der Waals surface area contributed by atoms with Gasteiger partial charge < -0.3 is 10.6 Å². The van der Waals surface area contributed by atoms with E-state index in [0.29, 0.717) is 12.5 Å². The van der Waals surface area contributed by atoms with Crippen LogP contribution in [0.2, 0.25) is 0 Å². The summed E-state index contributed by atoms with van der Waals surface area (Å²) in [6, 6.07) is 0. The van der Waals surface area contributed by atoms with Crippen LogP contribution in [0.25, 0.3) is 0 Å². The lowest BCUT2D eigenvalue weighted by atomic mass is 10.2. The minimum atomic E-state index is 0. The molecule has 0 spiro atoms. The van der Waals surface area contributed by atoms with Gasteiger partial charge in [-0.25, -0.2) is 9.98 Å². The van der Waals surface area contributed by atoms with Crippen molar-refractivity contribution in [1.29, 1.82) is 0 Å². The fraction of sp³-hybridized carbons (Fsp3) is 0.733. The standard InChI is InChI=1S/C15H28N4S.HI/c1-5-7-8-9-17-15(16-6-2)18-10-13-11-20-14(19-13)12(3)4;/h11-12H,5-10H2,1-4H3,(H2,16,17,18);1H. The van der Waals surface area contributed by atoms with Crippen molar-refractivity contribution in [3.8, 4) is 0 Å². The van der Waals surface area contributed by atoms with Gasteiger partial charge in [-0.2, -0.15) is 0 Å². The Morgan fingerprint density at radius 3 is 2.62 bits per heavy atom. The van der Waals surface area contributed by atoms with Crippen molar-refractivity contribution < 1.29 is 0 Å². The van der Waals surface area contributed by atoms with Crippen molar-refractivity contribution in [1.82, 2.24) is 15.6 Å². The number of aromatic nitrogens is 1. The molecule has 0 unspecified atom stereocenters. The predicted molar refractivity (Wildman–Crippen MR) is 104 cm³/mol. The van der Waals surface area contributed by atoms with Crippen LogP contribution in [0.5, 0.6) is 0 Å². The lowest BCUT2D eigenvalue weighted by Crippen LogP contribution is -2.37. The lowest BCUT2D eigenvalue weighted by molar-refractivity contribution is 0.683. The number of thiazole rings is 1. The van der Waals surface area contributed by atoms with Gasteiger partial charge in [-0.15, -0.1) is 35.3 Å². The molecular weight excluding hydrogens is 395 g/mol. The number of halogens is 1. The van der Waals surface area contributed by atoms with Gasteiger partial charge in [0.1, 0.15) is 0 Å². The molecule has 0 aliphatic rings. The molecule has 0 amide bonds. The van der Waals surface area contributed by atoms with Crippen molar-refractivity contribution in [3.05, 3.63) is 16.1 Å². The summed E-state index contributed by atoms with van der Waals surface area (Å²) in [5.41, 5.74) is 1.06. The summed E-state index contributed by atoms with van der Waals surface area (Å²) in [4.78, 5) is 9.20. The second-order valence-electron chi connectivity index (χ2n) is 5.16. The van der Waals surface area contributed by atoms with E-state index in [1.165, 1.54) is 24.3 Å². The van der Waals surface area contributed by atoms with E-state index in [0.717, 1.165) is 24.7 Å². The van der Waals surface area contributed by atoms with E-state index in [4.69, 9.17) is 0 Å². The van der Waals surface area contributed by atoms with Crippen LogP contribution in [-0.4, -0.2) is 24.0 Å². The highest BCUT2D eigenvalue weighted by Crippen LogP contribution is 2.19. The molecule has 122 valence electrons. The zero-order valence-corrected chi connectivity index (χ0v) is 16.8. The van der Waals surface area contributed by atoms with Crippen LogP contribution in [0.15, 0.2) is 10.4 Å². The highest BCUT2D eigenvalue weighted by Gasteiger charge is 2.05. The summed E-state index contributed by atoms with van der Waals surface area (Å²) in [7, 11) is 0. The summed E-state index contributed by atoms with van der Waals surface area (Å²) in [6.45, 7) is 11.2. The first-order valence-electron chi connectivity index (χ1n) is 7.63. The zero-order valence-electron chi connectivity index (χ0n) is 13.6. The minimum Gasteiger partial charge on any atom is -0.357 e. The second kappa shape index (κ2) is 12.2. The highest BCUT2D eigenvalue weighted by atomic mass is 127. The molecule has 0 radical (unpaired) electrons. The van der Waals surface area contributed by atoms with E-state index in [-0.39, 0.29) is 24.0 Å². The number of unbranched alkanes of at least 4 members (excludes halogenated alkanes) is 2. The molecule has 0 saturated carbocycles. The molecule has 0 aliphatic heterocycles. The molecule has 1 aromatic rings. The first kappa shape index (κ1) is 20.6. The Morgan fingerprint density at radius 2 is 2.05 bits per heavy atom. The smallest absolute Gasteiger partial charge is 0.191 e. The average Bonchev–Trinajstić information content (AvgIpc) is 2.90. The normalized spacial score (nSPS) is 11.4.